The summed E-state index contributed by atoms with van der Waals surface area (Å²) in [5.41, 5.74) is 0. The third-order valence-corrected chi connectivity index (χ3v) is 2.45. The summed E-state index contributed by atoms with van der Waals surface area (Å²) in [5, 5.41) is 10.6. The Hall–Kier alpha value is -1.21. The lowest BCUT2D eigenvalue weighted by molar-refractivity contribution is -0.542. The summed E-state index contributed by atoms with van der Waals surface area (Å²) >= 11 is 5.57. The molecule has 2 aliphatic rings. The van der Waals surface area contributed by atoms with Crippen LogP contribution >= 0.6 is 11.6 Å². The highest BCUT2D eigenvalue weighted by Crippen LogP contribution is 2.44. The molecule has 0 saturated carbocycles. The Morgan fingerprint density at radius 2 is 2.27 bits per heavy atom. The summed E-state index contributed by atoms with van der Waals surface area (Å²) in [6.45, 7) is 0. The number of fused-ring (bicyclic) bond motifs is 1. The molecule has 82 valence electrons. The number of allylic oxidation sites excluding steroid dienone is 2. The minimum absolute atomic E-state index is 0.353. The first-order valence-corrected chi connectivity index (χ1v) is 4.20. The van der Waals surface area contributed by atoms with E-state index < -0.39 is 22.3 Å². The summed E-state index contributed by atoms with van der Waals surface area (Å²) in [5.74, 6) is -0.353. The zero-order chi connectivity index (χ0) is 11.3. The van der Waals surface area contributed by atoms with Crippen molar-refractivity contribution >= 4 is 11.6 Å². The SMILES string of the molecule is O=[N+]([O-])C1(Cl)C=CC=C2OC(F)(F)OC21. The molecule has 0 aromatic rings. The van der Waals surface area contributed by atoms with Gasteiger partial charge in [-0.3, -0.25) is 14.9 Å². The van der Waals surface area contributed by atoms with E-state index in [0.717, 1.165) is 12.2 Å². The Labute approximate surface area is 87.1 Å². The van der Waals surface area contributed by atoms with Gasteiger partial charge in [0.05, 0.1) is 4.92 Å². The molecule has 0 N–H and O–H groups in total. The Kier molecular flexibility index (Phi) is 1.99. The second-order valence-corrected chi connectivity index (χ2v) is 3.58. The lowest BCUT2D eigenvalue weighted by Crippen LogP contribution is -2.44. The van der Waals surface area contributed by atoms with Crippen LogP contribution in [0.4, 0.5) is 8.78 Å². The van der Waals surface area contributed by atoms with Crippen molar-refractivity contribution in [2.75, 3.05) is 0 Å². The number of alkyl halides is 3. The first-order chi connectivity index (χ1) is 6.85. The standard InChI is InChI=1S/C7H4ClF2NO4/c8-6(11(12)13)3-1-2-4-5(6)15-7(9,10)14-4/h1-3,5H. The zero-order valence-electron chi connectivity index (χ0n) is 7.02. The van der Waals surface area contributed by atoms with Gasteiger partial charge in [0.25, 0.3) is 0 Å². The van der Waals surface area contributed by atoms with Crippen molar-refractivity contribution in [2.45, 2.75) is 17.4 Å². The number of rotatable bonds is 1. The summed E-state index contributed by atoms with van der Waals surface area (Å²) in [7, 11) is 0. The van der Waals surface area contributed by atoms with Crippen molar-refractivity contribution < 1.29 is 23.2 Å². The topological polar surface area (TPSA) is 61.6 Å². The van der Waals surface area contributed by atoms with Gasteiger partial charge in [-0.15, -0.1) is 8.78 Å². The second-order valence-electron chi connectivity index (χ2n) is 2.98. The summed E-state index contributed by atoms with van der Waals surface area (Å²) in [6, 6.07) is 0. The molecule has 1 aliphatic heterocycles. The van der Waals surface area contributed by atoms with E-state index in [0.29, 0.717) is 0 Å². The van der Waals surface area contributed by atoms with Gasteiger partial charge in [0.1, 0.15) is 5.76 Å². The highest BCUT2D eigenvalue weighted by atomic mass is 35.5. The van der Waals surface area contributed by atoms with Gasteiger partial charge in [0.15, 0.2) is 0 Å². The maximum atomic E-state index is 12.7. The van der Waals surface area contributed by atoms with Crippen molar-refractivity contribution in [3.8, 4) is 0 Å². The Bertz CT molecular complexity index is 383. The van der Waals surface area contributed by atoms with Crippen LogP contribution in [0.3, 0.4) is 0 Å². The molecule has 0 spiro atoms. The molecule has 1 heterocycles. The molecule has 1 fully saturated rings. The molecule has 2 unspecified atom stereocenters. The fraction of sp³-hybridized carbons (Fsp3) is 0.429. The molecule has 8 heteroatoms. The fourth-order valence-electron chi connectivity index (χ4n) is 1.34. The van der Waals surface area contributed by atoms with Crippen LogP contribution in [-0.4, -0.2) is 22.3 Å². The van der Waals surface area contributed by atoms with Crippen molar-refractivity contribution in [3.63, 3.8) is 0 Å². The van der Waals surface area contributed by atoms with Gasteiger partial charge in [0, 0.05) is 6.08 Å². The lowest BCUT2D eigenvalue weighted by atomic mass is 10.0. The van der Waals surface area contributed by atoms with Crippen LogP contribution in [0.15, 0.2) is 24.0 Å². The lowest BCUT2D eigenvalue weighted by Gasteiger charge is -2.21. The predicted octanol–water partition coefficient (Wildman–Crippen LogP) is 1.62. The van der Waals surface area contributed by atoms with Gasteiger partial charge in [-0.2, -0.15) is 0 Å². The maximum Gasteiger partial charge on any atom is 0.536 e. The average molecular weight is 240 g/mol. The average Bonchev–Trinajstić information content (AvgIpc) is 2.41. The molecule has 2 rings (SSSR count). The first-order valence-electron chi connectivity index (χ1n) is 3.83. The molecule has 0 radical (unpaired) electrons. The van der Waals surface area contributed by atoms with Crippen molar-refractivity contribution in [1.29, 1.82) is 0 Å². The second kappa shape index (κ2) is 2.89. The molecule has 1 saturated heterocycles. The Morgan fingerprint density at radius 1 is 1.60 bits per heavy atom. The predicted molar refractivity (Wildman–Crippen MR) is 43.7 cm³/mol. The van der Waals surface area contributed by atoms with Crippen LogP contribution in [0.25, 0.3) is 0 Å². The molecular formula is C7H4ClF2NO4. The molecule has 1 aliphatic carbocycles. The van der Waals surface area contributed by atoms with Gasteiger partial charge in [-0.25, -0.2) is 0 Å². The highest BCUT2D eigenvalue weighted by Gasteiger charge is 2.62. The van der Waals surface area contributed by atoms with Gasteiger partial charge >= 0.3 is 11.3 Å². The highest BCUT2D eigenvalue weighted by molar-refractivity contribution is 6.24. The van der Waals surface area contributed by atoms with Gasteiger partial charge in [-0.1, -0.05) is 6.08 Å². The zero-order valence-corrected chi connectivity index (χ0v) is 7.78. The van der Waals surface area contributed by atoms with Gasteiger partial charge in [0.2, 0.25) is 6.10 Å². The van der Waals surface area contributed by atoms with Crippen LogP contribution in [0.1, 0.15) is 0 Å². The van der Waals surface area contributed by atoms with E-state index in [2.05, 4.69) is 9.47 Å². The number of nitro groups is 1. The van der Waals surface area contributed by atoms with E-state index in [1.54, 1.807) is 0 Å². The number of halogens is 3. The molecule has 5 nitrogen and oxygen atoms in total. The van der Waals surface area contributed by atoms with E-state index in [9.17, 15) is 18.9 Å². The smallest absolute Gasteiger partial charge is 0.411 e. The van der Waals surface area contributed by atoms with Crippen LogP contribution < -0.4 is 0 Å². The van der Waals surface area contributed by atoms with E-state index in [1.807, 2.05) is 0 Å². The molecule has 2 atom stereocenters. The molecule has 0 aromatic heterocycles. The monoisotopic (exact) mass is 239 g/mol. The number of hydrogen-bond donors (Lipinski definition) is 0. The Morgan fingerprint density at radius 3 is 2.87 bits per heavy atom. The van der Waals surface area contributed by atoms with Crippen LogP contribution in [0.2, 0.25) is 0 Å². The van der Waals surface area contributed by atoms with Crippen molar-refractivity contribution in [3.05, 3.63) is 34.1 Å². The molecule has 0 bridgehead atoms. The van der Waals surface area contributed by atoms with Crippen molar-refractivity contribution in [2.24, 2.45) is 0 Å². The van der Waals surface area contributed by atoms with Crippen molar-refractivity contribution in [1.82, 2.24) is 0 Å². The summed E-state index contributed by atoms with van der Waals surface area (Å²) < 4.78 is 33.5. The van der Waals surface area contributed by atoms with Gasteiger partial charge < -0.3 is 4.74 Å². The van der Waals surface area contributed by atoms with Crippen LogP contribution in [0.5, 0.6) is 0 Å². The molecule has 0 aromatic carbocycles. The van der Waals surface area contributed by atoms with Crippen LogP contribution in [-0.2, 0) is 9.47 Å². The molecule has 0 amide bonds. The number of ether oxygens (including phenoxy) is 2. The normalized spacial score (nSPS) is 36.7. The third-order valence-electron chi connectivity index (χ3n) is 1.99. The van der Waals surface area contributed by atoms with E-state index in [-0.39, 0.29) is 5.76 Å². The fourth-order valence-corrected chi connectivity index (χ4v) is 1.56. The summed E-state index contributed by atoms with van der Waals surface area (Å²) in [6.07, 6.45) is -2.21. The summed E-state index contributed by atoms with van der Waals surface area (Å²) in [4.78, 5) is 7.49. The Balaban J connectivity index is 2.38. The largest absolute Gasteiger partial charge is 0.536 e. The van der Waals surface area contributed by atoms with E-state index >= 15 is 0 Å². The quantitative estimate of drug-likeness (QED) is 0.302. The van der Waals surface area contributed by atoms with E-state index in [4.69, 9.17) is 11.6 Å². The van der Waals surface area contributed by atoms with Crippen LogP contribution in [0, 0.1) is 10.1 Å². The van der Waals surface area contributed by atoms with Gasteiger partial charge in [-0.05, 0) is 17.7 Å². The molecule has 15 heavy (non-hydrogen) atoms. The minimum atomic E-state index is -3.88. The molecular weight excluding hydrogens is 236 g/mol. The third kappa shape index (κ3) is 1.47. The van der Waals surface area contributed by atoms with E-state index in [1.165, 1.54) is 6.08 Å². The number of hydrogen-bond acceptors (Lipinski definition) is 4. The first kappa shape index (κ1) is 10.3. The maximum absolute atomic E-state index is 12.7. The number of nitrogens with zero attached hydrogens (tertiary/aromatic N) is 1. The minimum Gasteiger partial charge on any atom is -0.411 e.